The number of nitrogens with zero attached hydrogens (tertiary/aromatic N) is 1. The van der Waals surface area contributed by atoms with E-state index in [2.05, 4.69) is 5.32 Å². The summed E-state index contributed by atoms with van der Waals surface area (Å²) in [6, 6.07) is 2.33. The average molecular weight is 306 g/mol. The zero-order chi connectivity index (χ0) is 16.2. The van der Waals surface area contributed by atoms with Crippen LogP contribution in [-0.2, 0) is 17.5 Å². The van der Waals surface area contributed by atoms with Gasteiger partial charge in [0.25, 0.3) is 0 Å². The molecule has 0 aliphatic rings. The molecule has 0 unspecified atom stereocenters. The Morgan fingerprint density at radius 2 is 2.00 bits per heavy atom. The topological polar surface area (TPSA) is 32.3 Å². The number of alkyl halides is 3. The minimum absolute atomic E-state index is 0.00289. The van der Waals surface area contributed by atoms with Crippen molar-refractivity contribution in [2.75, 3.05) is 20.6 Å². The molecule has 0 bridgehead atoms. The Hall–Kier alpha value is -1.63. The lowest BCUT2D eigenvalue weighted by molar-refractivity contribution is -0.137. The van der Waals surface area contributed by atoms with Crippen molar-refractivity contribution in [2.45, 2.75) is 19.6 Å². The van der Waals surface area contributed by atoms with Crippen molar-refractivity contribution >= 4 is 5.91 Å². The summed E-state index contributed by atoms with van der Waals surface area (Å²) >= 11 is 0. The van der Waals surface area contributed by atoms with Crippen LogP contribution in [0.5, 0.6) is 0 Å². The number of hydrogen-bond acceptors (Lipinski definition) is 2. The monoisotopic (exact) mass is 306 g/mol. The molecule has 0 aliphatic carbocycles. The van der Waals surface area contributed by atoms with E-state index in [0.29, 0.717) is 12.6 Å². The van der Waals surface area contributed by atoms with Crippen LogP contribution in [0.2, 0.25) is 0 Å². The fourth-order valence-electron chi connectivity index (χ4n) is 2.02. The predicted octanol–water partition coefficient (Wildman–Crippen LogP) is 2.66. The Bertz CT molecular complexity index is 502. The quantitative estimate of drug-likeness (QED) is 0.848. The van der Waals surface area contributed by atoms with Crippen molar-refractivity contribution in [1.82, 2.24) is 10.2 Å². The van der Waals surface area contributed by atoms with Crippen LogP contribution in [0.4, 0.5) is 17.6 Å². The van der Waals surface area contributed by atoms with Gasteiger partial charge in [0.15, 0.2) is 0 Å². The summed E-state index contributed by atoms with van der Waals surface area (Å²) < 4.78 is 51.4. The molecule has 1 aromatic rings. The molecule has 1 amide bonds. The molecular weight excluding hydrogens is 288 g/mol. The lowest BCUT2D eigenvalue weighted by Crippen LogP contribution is -2.34. The highest BCUT2D eigenvalue weighted by Crippen LogP contribution is 2.30. The largest absolute Gasteiger partial charge is 0.416 e. The summed E-state index contributed by atoms with van der Waals surface area (Å²) in [5.41, 5.74) is -0.928. The van der Waals surface area contributed by atoms with Gasteiger partial charge in [-0.3, -0.25) is 4.79 Å². The fraction of sp³-hybridized carbons (Fsp3) is 0.500. The molecular formula is C14H18F4N2O. The average Bonchev–Trinajstić information content (AvgIpc) is 2.38. The molecule has 1 aromatic carbocycles. The summed E-state index contributed by atoms with van der Waals surface area (Å²) in [4.78, 5) is 13.0. The first kappa shape index (κ1) is 17.4. The van der Waals surface area contributed by atoms with Crippen molar-refractivity contribution < 1.29 is 22.4 Å². The first-order valence-electron chi connectivity index (χ1n) is 6.41. The summed E-state index contributed by atoms with van der Waals surface area (Å²) in [7, 11) is 3.13. The molecule has 0 spiro atoms. The molecule has 1 N–H and O–H groups in total. The molecule has 118 valence electrons. The molecule has 1 rings (SSSR count). The van der Waals surface area contributed by atoms with Gasteiger partial charge in [0.1, 0.15) is 5.82 Å². The molecule has 21 heavy (non-hydrogen) atoms. The molecule has 0 radical (unpaired) electrons. The van der Waals surface area contributed by atoms with Crippen molar-refractivity contribution in [2.24, 2.45) is 5.92 Å². The van der Waals surface area contributed by atoms with Crippen LogP contribution in [0, 0.1) is 11.7 Å². The van der Waals surface area contributed by atoms with Gasteiger partial charge in [0.2, 0.25) is 5.91 Å². The Balaban J connectivity index is 2.80. The highest BCUT2D eigenvalue weighted by atomic mass is 19.4. The van der Waals surface area contributed by atoms with Crippen molar-refractivity contribution in [3.05, 3.63) is 35.1 Å². The first-order chi connectivity index (χ1) is 9.65. The maximum atomic E-state index is 13.6. The molecule has 1 atom stereocenters. The second-order valence-corrected chi connectivity index (χ2v) is 5.02. The SMILES string of the molecule is CNC(=O)[C@H](C)CN(C)Cc1cc(C(F)(F)F)ccc1F. The van der Waals surface area contributed by atoms with Crippen LogP contribution >= 0.6 is 0 Å². The number of amides is 1. The fourth-order valence-corrected chi connectivity index (χ4v) is 2.02. The molecule has 7 heteroatoms. The van der Waals surface area contributed by atoms with E-state index in [1.807, 2.05) is 0 Å². The van der Waals surface area contributed by atoms with E-state index in [1.165, 1.54) is 7.05 Å². The lowest BCUT2D eigenvalue weighted by Gasteiger charge is -2.21. The maximum absolute atomic E-state index is 13.6. The molecule has 0 aromatic heterocycles. The summed E-state index contributed by atoms with van der Waals surface area (Å²) in [5.74, 6) is -1.21. The van der Waals surface area contributed by atoms with Gasteiger partial charge in [0, 0.05) is 31.6 Å². The van der Waals surface area contributed by atoms with Gasteiger partial charge in [-0.1, -0.05) is 6.92 Å². The lowest BCUT2D eigenvalue weighted by atomic mass is 10.1. The van der Waals surface area contributed by atoms with E-state index in [4.69, 9.17) is 0 Å². The Morgan fingerprint density at radius 3 is 2.52 bits per heavy atom. The van der Waals surface area contributed by atoms with Gasteiger partial charge in [-0.15, -0.1) is 0 Å². The maximum Gasteiger partial charge on any atom is 0.416 e. The summed E-state index contributed by atoms with van der Waals surface area (Å²) in [6.07, 6.45) is -4.50. The second kappa shape index (κ2) is 6.89. The number of rotatable bonds is 5. The van der Waals surface area contributed by atoms with Gasteiger partial charge in [-0.25, -0.2) is 4.39 Å². The predicted molar refractivity (Wildman–Crippen MR) is 71.0 cm³/mol. The normalized spacial score (nSPS) is 13.3. The Kier molecular flexibility index (Phi) is 5.71. The number of hydrogen-bond donors (Lipinski definition) is 1. The second-order valence-electron chi connectivity index (χ2n) is 5.02. The van der Waals surface area contributed by atoms with Gasteiger partial charge in [-0.05, 0) is 25.2 Å². The highest BCUT2D eigenvalue weighted by Gasteiger charge is 2.31. The number of nitrogens with one attached hydrogen (secondary N) is 1. The number of carbonyl (C=O) groups is 1. The van der Waals surface area contributed by atoms with E-state index in [-0.39, 0.29) is 23.9 Å². The molecule has 0 saturated carbocycles. The van der Waals surface area contributed by atoms with E-state index in [1.54, 1.807) is 18.9 Å². The number of halogens is 4. The van der Waals surface area contributed by atoms with Crippen LogP contribution in [0.3, 0.4) is 0 Å². The van der Waals surface area contributed by atoms with Gasteiger partial charge < -0.3 is 10.2 Å². The Morgan fingerprint density at radius 1 is 1.38 bits per heavy atom. The molecule has 3 nitrogen and oxygen atoms in total. The van der Waals surface area contributed by atoms with E-state index >= 15 is 0 Å². The van der Waals surface area contributed by atoms with Gasteiger partial charge in [-0.2, -0.15) is 13.2 Å². The standard InChI is InChI=1S/C14H18F4N2O/c1-9(13(21)19-2)7-20(3)8-10-6-11(14(16,17)18)4-5-12(10)15/h4-6,9H,7-8H2,1-3H3,(H,19,21)/t9-/m1/s1. The van der Waals surface area contributed by atoms with Gasteiger partial charge >= 0.3 is 6.18 Å². The zero-order valence-electron chi connectivity index (χ0n) is 12.1. The van der Waals surface area contributed by atoms with Crippen LogP contribution in [-0.4, -0.2) is 31.4 Å². The Labute approximate surface area is 120 Å². The number of benzene rings is 1. The van der Waals surface area contributed by atoms with Crippen molar-refractivity contribution in [3.63, 3.8) is 0 Å². The third kappa shape index (κ3) is 5.00. The smallest absolute Gasteiger partial charge is 0.359 e. The highest BCUT2D eigenvalue weighted by molar-refractivity contribution is 5.78. The van der Waals surface area contributed by atoms with Crippen LogP contribution in [0.1, 0.15) is 18.1 Å². The first-order valence-corrected chi connectivity index (χ1v) is 6.41. The zero-order valence-corrected chi connectivity index (χ0v) is 12.1. The minimum Gasteiger partial charge on any atom is -0.359 e. The van der Waals surface area contributed by atoms with E-state index in [9.17, 15) is 22.4 Å². The van der Waals surface area contributed by atoms with Crippen LogP contribution in [0.25, 0.3) is 0 Å². The molecule has 0 aliphatic heterocycles. The van der Waals surface area contributed by atoms with Crippen LogP contribution in [0.15, 0.2) is 18.2 Å². The van der Waals surface area contributed by atoms with Crippen molar-refractivity contribution in [3.8, 4) is 0 Å². The van der Waals surface area contributed by atoms with Crippen molar-refractivity contribution in [1.29, 1.82) is 0 Å². The summed E-state index contributed by atoms with van der Waals surface area (Å²) in [6.45, 7) is 2.00. The summed E-state index contributed by atoms with van der Waals surface area (Å²) in [5, 5.41) is 2.49. The molecule has 0 heterocycles. The van der Waals surface area contributed by atoms with Gasteiger partial charge in [0.05, 0.1) is 5.56 Å². The molecule has 0 fully saturated rings. The molecule has 0 saturated heterocycles. The van der Waals surface area contributed by atoms with Crippen LogP contribution < -0.4 is 5.32 Å². The van der Waals surface area contributed by atoms with E-state index < -0.39 is 17.6 Å². The van der Waals surface area contributed by atoms with E-state index in [0.717, 1.165) is 12.1 Å². The third-order valence-corrected chi connectivity index (χ3v) is 3.09. The third-order valence-electron chi connectivity index (χ3n) is 3.09. The number of carbonyl (C=O) groups excluding carboxylic acids is 1. The minimum atomic E-state index is -4.50.